The number of halogens is 1. The number of nitrogens with one attached hydrogen (secondary N) is 1. The van der Waals surface area contributed by atoms with E-state index < -0.39 is 0 Å². The van der Waals surface area contributed by atoms with Crippen LogP contribution in [-0.4, -0.2) is 12.1 Å². The van der Waals surface area contributed by atoms with Crippen LogP contribution in [0.2, 0.25) is 0 Å². The Morgan fingerprint density at radius 2 is 1.61 bits per heavy atom. The second-order valence-corrected chi connectivity index (χ2v) is 9.29. The Kier molecular flexibility index (Phi) is 7.64. The number of carbonyl (C=O) groups excluding carboxylic acids is 1. The molecule has 1 amide bonds. The van der Waals surface area contributed by atoms with E-state index >= 15 is 0 Å². The maximum Gasteiger partial charge on any atom is 0.244 e. The van der Waals surface area contributed by atoms with Crippen molar-refractivity contribution in [1.29, 1.82) is 0 Å². The Balaban J connectivity index is 1.55. The molecule has 0 saturated carbocycles. The fourth-order valence-electron chi connectivity index (χ4n) is 2.98. The first-order valence-corrected chi connectivity index (χ1v) is 11.0. The van der Waals surface area contributed by atoms with E-state index in [4.69, 9.17) is 4.74 Å². The highest BCUT2D eigenvalue weighted by Gasteiger charge is 2.13. The Labute approximate surface area is 192 Å². The van der Waals surface area contributed by atoms with Crippen molar-refractivity contribution in [1.82, 2.24) is 5.43 Å². The van der Waals surface area contributed by atoms with Crippen molar-refractivity contribution < 1.29 is 9.53 Å². The van der Waals surface area contributed by atoms with Gasteiger partial charge in [-0.05, 0) is 46.4 Å². The fraction of sp³-hybridized carbons (Fsp3) is 0.231. The third-order valence-corrected chi connectivity index (χ3v) is 5.33. The fourth-order valence-corrected chi connectivity index (χ4v) is 3.25. The third-order valence-electron chi connectivity index (χ3n) is 4.80. The first kappa shape index (κ1) is 22.8. The van der Waals surface area contributed by atoms with E-state index in [0.29, 0.717) is 12.4 Å². The minimum atomic E-state index is -0.159. The highest BCUT2D eigenvalue weighted by Crippen LogP contribution is 2.22. The van der Waals surface area contributed by atoms with Crippen LogP contribution in [0, 0.1) is 0 Å². The molecule has 160 valence electrons. The molecule has 0 bridgehead atoms. The first-order valence-electron chi connectivity index (χ1n) is 10.2. The quantitative estimate of drug-likeness (QED) is 0.333. The van der Waals surface area contributed by atoms with E-state index in [9.17, 15) is 4.79 Å². The van der Waals surface area contributed by atoms with Crippen molar-refractivity contribution in [2.24, 2.45) is 5.10 Å². The summed E-state index contributed by atoms with van der Waals surface area (Å²) in [7, 11) is 0. The van der Waals surface area contributed by atoms with E-state index in [1.807, 2.05) is 60.7 Å². The molecule has 31 heavy (non-hydrogen) atoms. The summed E-state index contributed by atoms with van der Waals surface area (Å²) in [4.78, 5) is 12.2. The van der Waals surface area contributed by atoms with E-state index in [2.05, 4.69) is 59.4 Å². The number of ether oxygens (including phenoxy) is 1. The molecule has 0 spiro atoms. The molecular formula is C26H27BrN2O2. The predicted molar refractivity (Wildman–Crippen MR) is 129 cm³/mol. The second kappa shape index (κ2) is 10.4. The zero-order chi connectivity index (χ0) is 22.3. The average Bonchev–Trinajstić information content (AvgIpc) is 2.74. The number of benzene rings is 3. The molecule has 0 heterocycles. The van der Waals surface area contributed by atoms with Crippen LogP contribution in [0.15, 0.2) is 82.4 Å². The lowest BCUT2D eigenvalue weighted by Gasteiger charge is -2.19. The molecule has 0 saturated heterocycles. The van der Waals surface area contributed by atoms with Crippen LogP contribution in [0.5, 0.6) is 5.75 Å². The lowest BCUT2D eigenvalue weighted by molar-refractivity contribution is -0.120. The molecule has 1 N–H and O–H groups in total. The van der Waals surface area contributed by atoms with Gasteiger partial charge < -0.3 is 4.74 Å². The number of hydrogen-bond acceptors (Lipinski definition) is 3. The van der Waals surface area contributed by atoms with Crippen LogP contribution in [0.4, 0.5) is 0 Å². The van der Waals surface area contributed by atoms with Crippen LogP contribution in [0.1, 0.15) is 43.0 Å². The topological polar surface area (TPSA) is 50.7 Å². The lowest BCUT2D eigenvalue weighted by Crippen LogP contribution is -2.20. The number of para-hydroxylation sites is 1. The lowest BCUT2D eigenvalue weighted by atomic mass is 9.86. The van der Waals surface area contributed by atoms with Crippen molar-refractivity contribution in [2.45, 2.75) is 39.2 Å². The Morgan fingerprint density at radius 3 is 2.29 bits per heavy atom. The smallest absolute Gasteiger partial charge is 0.244 e. The van der Waals surface area contributed by atoms with E-state index in [0.717, 1.165) is 21.2 Å². The summed E-state index contributed by atoms with van der Waals surface area (Å²) < 4.78 is 6.97. The van der Waals surface area contributed by atoms with Gasteiger partial charge in [-0.3, -0.25) is 4.79 Å². The summed E-state index contributed by atoms with van der Waals surface area (Å²) in [6, 6.07) is 23.7. The van der Waals surface area contributed by atoms with E-state index in [-0.39, 0.29) is 17.7 Å². The molecule has 0 aromatic heterocycles. The number of amides is 1. The average molecular weight is 479 g/mol. The van der Waals surface area contributed by atoms with Gasteiger partial charge in [-0.25, -0.2) is 5.43 Å². The zero-order valence-electron chi connectivity index (χ0n) is 18.1. The summed E-state index contributed by atoms with van der Waals surface area (Å²) >= 11 is 3.43. The molecule has 5 heteroatoms. The molecule has 4 nitrogen and oxygen atoms in total. The molecule has 0 radical (unpaired) electrons. The minimum Gasteiger partial charge on any atom is -0.488 e. The largest absolute Gasteiger partial charge is 0.488 e. The molecule has 0 aliphatic heterocycles. The highest BCUT2D eigenvalue weighted by molar-refractivity contribution is 9.10. The molecule has 0 unspecified atom stereocenters. The second-order valence-electron chi connectivity index (χ2n) is 8.37. The van der Waals surface area contributed by atoms with Gasteiger partial charge in [-0.2, -0.15) is 5.10 Å². The van der Waals surface area contributed by atoms with Crippen molar-refractivity contribution in [2.75, 3.05) is 0 Å². The number of nitrogens with zero attached hydrogens (tertiary/aromatic N) is 1. The van der Waals surface area contributed by atoms with Gasteiger partial charge in [0.1, 0.15) is 12.4 Å². The van der Waals surface area contributed by atoms with Gasteiger partial charge in [0.25, 0.3) is 0 Å². The number of hydrogen-bond donors (Lipinski definition) is 1. The minimum absolute atomic E-state index is 0.0951. The summed E-state index contributed by atoms with van der Waals surface area (Å²) in [6.45, 7) is 6.96. The van der Waals surface area contributed by atoms with Gasteiger partial charge in [-0.15, -0.1) is 0 Å². The molecule has 3 rings (SSSR count). The molecular weight excluding hydrogens is 452 g/mol. The van der Waals surface area contributed by atoms with Gasteiger partial charge in [0.15, 0.2) is 0 Å². The highest BCUT2D eigenvalue weighted by atomic mass is 79.9. The number of hydrazone groups is 1. The predicted octanol–water partition coefficient (Wildman–Crippen LogP) is 6.02. The summed E-state index contributed by atoms with van der Waals surface area (Å²) in [5.41, 5.74) is 6.77. The molecule has 0 aliphatic carbocycles. The zero-order valence-corrected chi connectivity index (χ0v) is 19.6. The first-order chi connectivity index (χ1) is 14.8. The Morgan fingerprint density at radius 1 is 0.968 bits per heavy atom. The van der Waals surface area contributed by atoms with Gasteiger partial charge in [0, 0.05) is 10.0 Å². The molecule has 3 aromatic carbocycles. The summed E-state index contributed by atoms with van der Waals surface area (Å²) in [5, 5.41) is 4.11. The Bertz CT molecular complexity index is 1040. The van der Waals surface area contributed by atoms with Gasteiger partial charge in [0.2, 0.25) is 5.91 Å². The molecule has 0 fully saturated rings. The molecule has 0 aliphatic rings. The molecule has 3 aromatic rings. The van der Waals surface area contributed by atoms with Crippen molar-refractivity contribution in [3.8, 4) is 5.75 Å². The van der Waals surface area contributed by atoms with Crippen LogP contribution in [0.25, 0.3) is 0 Å². The van der Waals surface area contributed by atoms with E-state index in [1.54, 1.807) is 6.21 Å². The maximum atomic E-state index is 12.2. The van der Waals surface area contributed by atoms with Crippen LogP contribution in [0.3, 0.4) is 0 Å². The normalized spacial score (nSPS) is 11.5. The van der Waals surface area contributed by atoms with Gasteiger partial charge >= 0.3 is 0 Å². The Hall–Kier alpha value is -2.92. The van der Waals surface area contributed by atoms with Crippen molar-refractivity contribution >= 4 is 28.1 Å². The van der Waals surface area contributed by atoms with Gasteiger partial charge in [0.05, 0.1) is 12.6 Å². The number of rotatable bonds is 7. The third kappa shape index (κ3) is 7.07. The van der Waals surface area contributed by atoms with Gasteiger partial charge in [-0.1, -0.05) is 85.2 Å². The van der Waals surface area contributed by atoms with Crippen molar-refractivity contribution in [3.05, 3.63) is 99.5 Å². The van der Waals surface area contributed by atoms with Crippen LogP contribution >= 0.6 is 15.9 Å². The van der Waals surface area contributed by atoms with E-state index in [1.165, 1.54) is 5.56 Å². The number of carbonyl (C=O) groups is 1. The molecule has 0 atom stereocenters. The van der Waals surface area contributed by atoms with Crippen molar-refractivity contribution in [3.63, 3.8) is 0 Å². The van der Waals surface area contributed by atoms with Crippen LogP contribution in [-0.2, 0) is 23.2 Å². The monoisotopic (exact) mass is 478 g/mol. The maximum absolute atomic E-state index is 12.2. The SMILES string of the molecule is CC(C)(C)c1ccc(CC(=O)N/N=C\c2ccccc2OCc2ccc(Br)cc2)cc1. The standard InChI is InChI=1S/C26H27BrN2O2/c1-26(2,3)22-12-8-19(9-13-22)16-25(30)29-28-17-21-6-4-5-7-24(21)31-18-20-10-14-23(27)15-11-20/h4-15,17H,16,18H2,1-3H3,(H,29,30)/b28-17-. The summed E-state index contributed by atoms with van der Waals surface area (Å²) in [6.07, 6.45) is 1.89. The summed E-state index contributed by atoms with van der Waals surface area (Å²) in [5.74, 6) is 0.550. The van der Waals surface area contributed by atoms with Crippen LogP contribution < -0.4 is 10.2 Å².